The van der Waals surface area contributed by atoms with E-state index in [4.69, 9.17) is 9.57 Å². The predicted molar refractivity (Wildman–Crippen MR) is 94.3 cm³/mol. The van der Waals surface area contributed by atoms with Crippen molar-refractivity contribution in [2.24, 2.45) is 22.4 Å². The van der Waals surface area contributed by atoms with Crippen LogP contribution in [0.25, 0.3) is 0 Å². The van der Waals surface area contributed by atoms with E-state index < -0.39 is 0 Å². The van der Waals surface area contributed by atoms with E-state index in [0.717, 1.165) is 37.0 Å². The number of Topliss-reactive ketones (excluding diaryl/α,β-unsaturated/α-hetero) is 1. The second-order valence-electron chi connectivity index (χ2n) is 7.83. The predicted octanol–water partition coefficient (Wildman–Crippen LogP) is 3.90. The van der Waals surface area contributed by atoms with Crippen molar-refractivity contribution in [3.63, 3.8) is 0 Å². The lowest BCUT2D eigenvalue weighted by Crippen LogP contribution is -2.43. The summed E-state index contributed by atoms with van der Waals surface area (Å²) < 4.78 is 5.28. The number of carbonyl (C=O) groups excluding carboxylic acids is 1. The molecule has 0 bridgehead atoms. The normalized spacial score (nSPS) is 35.1. The first-order valence-corrected chi connectivity index (χ1v) is 9.04. The molecule has 0 spiro atoms. The molecule has 25 heavy (non-hydrogen) atoms. The highest BCUT2D eigenvalue weighted by Gasteiger charge is 2.55. The first-order chi connectivity index (χ1) is 12.0. The molecule has 5 heteroatoms. The summed E-state index contributed by atoms with van der Waals surface area (Å²) in [5.41, 5.74) is 2.91. The minimum absolute atomic E-state index is 0.0377. The molecule has 2 fully saturated rings. The van der Waals surface area contributed by atoms with E-state index in [1.165, 1.54) is 0 Å². The highest BCUT2D eigenvalue weighted by Crippen LogP contribution is 2.60. The Labute approximate surface area is 148 Å². The highest BCUT2D eigenvalue weighted by molar-refractivity contribution is 6.00. The summed E-state index contributed by atoms with van der Waals surface area (Å²) in [6.07, 6.45) is 4.66. The van der Waals surface area contributed by atoms with Crippen molar-refractivity contribution in [2.45, 2.75) is 44.9 Å². The summed E-state index contributed by atoms with van der Waals surface area (Å²) in [6.45, 7) is 2.29. The number of oxime groups is 1. The molecule has 4 atom stereocenters. The lowest BCUT2D eigenvalue weighted by atomic mass is 9.55. The Balaban J connectivity index is 1.76. The average Bonchev–Trinajstić information content (AvgIpc) is 2.92. The van der Waals surface area contributed by atoms with Gasteiger partial charge in [0.2, 0.25) is 0 Å². The molecule has 4 rings (SSSR count). The van der Waals surface area contributed by atoms with Gasteiger partial charge in [-0.15, -0.1) is 0 Å². The van der Waals surface area contributed by atoms with Crippen LogP contribution in [0.1, 0.15) is 60.9 Å². The maximum absolute atomic E-state index is 12.8. The number of hydrogen-bond donors (Lipinski definition) is 1. The van der Waals surface area contributed by atoms with Crippen LogP contribution in [0.3, 0.4) is 0 Å². The smallest absolute Gasteiger partial charge is 0.163 e. The third kappa shape index (κ3) is 2.28. The van der Waals surface area contributed by atoms with E-state index in [9.17, 15) is 9.90 Å². The Morgan fingerprint density at radius 1 is 1.28 bits per heavy atom. The number of methoxy groups -OCH3 is 1. The molecular formula is C20H25NO4. The van der Waals surface area contributed by atoms with Gasteiger partial charge in [0.25, 0.3) is 0 Å². The number of fused-ring (bicyclic) bond motifs is 5. The molecule has 1 N–H and O–H groups in total. The molecule has 0 heterocycles. The number of hydrogen-bond acceptors (Lipinski definition) is 5. The van der Waals surface area contributed by atoms with Crippen LogP contribution in [0.2, 0.25) is 0 Å². The van der Waals surface area contributed by atoms with Gasteiger partial charge in [-0.2, -0.15) is 0 Å². The van der Waals surface area contributed by atoms with Gasteiger partial charge in [0.05, 0.1) is 12.8 Å². The number of nitrogens with zero attached hydrogens (tertiary/aromatic N) is 1. The molecule has 0 aliphatic heterocycles. The van der Waals surface area contributed by atoms with Crippen LogP contribution in [0.5, 0.6) is 11.5 Å². The lowest BCUT2D eigenvalue weighted by Gasteiger charge is -2.48. The van der Waals surface area contributed by atoms with Gasteiger partial charge in [-0.05, 0) is 61.1 Å². The fraction of sp³-hybridized carbons (Fsp3) is 0.600. The zero-order valence-corrected chi connectivity index (χ0v) is 15.0. The van der Waals surface area contributed by atoms with E-state index in [0.29, 0.717) is 35.5 Å². The summed E-state index contributed by atoms with van der Waals surface area (Å²) in [7, 11) is 3.15. The summed E-state index contributed by atoms with van der Waals surface area (Å²) in [4.78, 5) is 17.9. The van der Waals surface area contributed by atoms with Crippen molar-refractivity contribution in [3.05, 3.63) is 23.3 Å². The summed E-state index contributed by atoms with van der Waals surface area (Å²) in [5, 5.41) is 14.4. The fourth-order valence-electron chi connectivity index (χ4n) is 5.63. The Hall–Kier alpha value is -2.04. The van der Waals surface area contributed by atoms with Crippen molar-refractivity contribution in [1.29, 1.82) is 0 Å². The molecule has 0 amide bonds. The van der Waals surface area contributed by atoms with Gasteiger partial charge >= 0.3 is 0 Å². The van der Waals surface area contributed by atoms with Crippen LogP contribution in [0.4, 0.5) is 0 Å². The topological polar surface area (TPSA) is 68.1 Å². The van der Waals surface area contributed by atoms with Crippen LogP contribution in [-0.4, -0.2) is 30.8 Å². The number of phenols is 1. The quantitative estimate of drug-likeness (QED) is 0.827. The Morgan fingerprint density at radius 3 is 2.80 bits per heavy atom. The number of rotatable bonds is 2. The minimum atomic E-state index is 0.0377. The van der Waals surface area contributed by atoms with E-state index in [2.05, 4.69) is 12.1 Å². The summed E-state index contributed by atoms with van der Waals surface area (Å²) in [6, 6.07) is 3.47. The van der Waals surface area contributed by atoms with Crippen molar-refractivity contribution < 1.29 is 19.5 Å². The van der Waals surface area contributed by atoms with Crippen molar-refractivity contribution in [2.75, 3.05) is 14.2 Å². The van der Waals surface area contributed by atoms with Crippen LogP contribution in [0.15, 0.2) is 17.3 Å². The molecule has 1 aromatic rings. The number of benzene rings is 1. The first-order valence-electron chi connectivity index (χ1n) is 9.04. The van der Waals surface area contributed by atoms with Gasteiger partial charge in [0.15, 0.2) is 17.3 Å². The molecule has 3 aliphatic rings. The zero-order chi connectivity index (χ0) is 17.8. The fourth-order valence-corrected chi connectivity index (χ4v) is 5.63. The molecule has 3 aliphatic carbocycles. The molecule has 2 saturated carbocycles. The van der Waals surface area contributed by atoms with Crippen molar-refractivity contribution in [1.82, 2.24) is 0 Å². The van der Waals surface area contributed by atoms with Gasteiger partial charge in [-0.25, -0.2) is 0 Å². The van der Waals surface area contributed by atoms with Gasteiger partial charge in [-0.1, -0.05) is 12.1 Å². The molecule has 0 saturated heterocycles. The van der Waals surface area contributed by atoms with Crippen LogP contribution >= 0.6 is 0 Å². The Kier molecular flexibility index (Phi) is 3.78. The van der Waals surface area contributed by atoms with Gasteiger partial charge in [0, 0.05) is 17.4 Å². The maximum atomic E-state index is 12.8. The number of aromatic hydroxyl groups is 1. The second-order valence-corrected chi connectivity index (χ2v) is 7.83. The van der Waals surface area contributed by atoms with Crippen LogP contribution in [-0.2, 0) is 4.84 Å². The van der Waals surface area contributed by atoms with Gasteiger partial charge < -0.3 is 14.7 Å². The third-order valence-electron chi connectivity index (χ3n) is 6.85. The van der Waals surface area contributed by atoms with Gasteiger partial charge in [0.1, 0.15) is 7.11 Å². The molecule has 0 aromatic heterocycles. The molecule has 5 nitrogen and oxygen atoms in total. The standard InChI is InChI=1S/C20H25NO4/c1-20-7-6-11-12-10-18(24-2)17(23)9-14(12)16(22)8-13(11)15(20)4-5-19(20)21-25-3/h9-11,13,15,23H,4-8H2,1-3H3/t11-,13-,15+,20+/m1/s1. The third-order valence-corrected chi connectivity index (χ3v) is 6.85. The zero-order valence-electron chi connectivity index (χ0n) is 15.0. The van der Waals surface area contributed by atoms with E-state index in [-0.39, 0.29) is 16.9 Å². The maximum Gasteiger partial charge on any atom is 0.163 e. The molecule has 0 radical (unpaired) electrons. The Morgan fingerprint density at radius 2 is 2.08 bits per heavy atom. The largest absolute Gasteiger partial charge is 0.504 e. The first kappa shape index (κ1) is 16.4. The van der Waals surface area contributed by atoms with E-state index >= 15 is 0 Å². The molecule has 134 valence electrons. The highest BCUT2D eigenvalue weighted by atomic mass is 16.6. The molecule has 0 unspecified atom stereocenters. The summed E-state index contributed by atoms with van der Waals surface area (Å²) >= 11 is 0. The average molecular weight is 343 g/mol. The lowest BCUT2D eigenvalue weighted by molar-refractivity contribution is 0.0703. The van der Waals surface area contributed by atoms with Crippen molar-refractivity contribution >= 4 is 11.5 Å². The molecular weight excluding hydrogens is 318 g/mol. The minimum Gasteiger partial charge on any atom is -0.504 e. The second kappa shape index (κ2) is 5.75. The van der Waals surface area contributed by atoms with Crippen LogP contribution in [0, 0.1) is 17.3 Å². The SMILES string of the molecule is CON=C1CC[C@H]2[C@@H]3CC(=O)c4cc(O)c(OC)cc4[C@H]3CC[C@]12C. The summed E-state index contributed by atoms with van der Waals surface area (Å²) in [5.74, 6) is 1.77. The molecule has 1 aromatic carbocycles. The van der Waals surface area contributed by atoms with Crippen LogP contribution < -0.4 is 4.74 Å². The number of carbonyl (C=O) groups is 1. The number of phenolic OH excluding ortho intramolecular Hbond substituents is 1. The Bertz CT molecular complexity index is 756. The van der Waals surface area contributed by atoms with Gasteiger partial charge in [-0.3, -0.25) is 4.79 Å². The van der Waals surface area contributed by atoms with E-state index in [1.807, 2.05) is 6.07 Å². The number of ether oxygens (including phenoxy) is 1. The van der Waals surface area contributed by atoms with Crippen molar-refractivity contribution in [3.8, 4) is 11.5 Å². The van der Waals surface area contributed by atoms with E-state index in [1.54, 1.807) is 20.3 Å². The monoisotopic (exact) mass is 343 g/mol. The number of ketones is 1.